The van der Waals surface area contributed by atoms with E-state index in [0.29, 0.717) is 18.9 Å². The molecule has 1 aliphatic carbocycles. The normalized spacial score (nSPS) is 17.0. The Kier molecular flexibility index (Phi) is 2.58. The first-order valence-electron chi connectivity index (χ1n) is 5.16. The quantitative estimate of drug-likeness (QED) is 0.883. The van der Waals surface area contributed by atoms with Gasteiger partial charge in [0.25, 0.3) is 0 Å². The molecule has 0 bridgehead atoms. The third-order valence-electron chi connectivity index (χ3n) is 3.02. The van der Waals surface area contributed by atoms with Gasteiger partial charge in [0.15, 0.2) is 0 Å². The lowest BCUT2D eigenvalue weighted by atomic mass is 9.93. The summed E-state index contributed by atoms with van der Waals surface area (Å²) in [6, 6.07) is 4.55. The van der Waals surface area contributed by atoms with Gasteiger partial charge >= 0.3 is 12.1 Å². The molecule has 0 amide bonds. The highest BCUT2D eigenvalue weighted by Crippen LogP contribution is 2.48. The second-order valence-electron chi connectivity index (χ2n) is 4.30. The summed E-state index contributed by atoms with van der Waals surface area (Å²) in [5.74, 6) is -1.43. The van der Waals surface area contributed by atoms with Crippen molar-refractivity contribution in [2.24, 2.45) is 0 Å². The zero-order chi connectivity index (χ0) is 13.6. The van der Waals surface area contributed by atoms with Crippen LogP contribution >= 0.6 is 0 Å². The number of benzene rings is 1. The molecular weight excluding hydrogens is 247 g/mol. The van der Waals surface area contributed by atoms with Gasteiger partial charge in [-0.05, 0) is 36.6 Å². The van der Waals surface area contributed by atoms with E-state index in [1.165, 1.54) is 0 Å². The van der Waals surface area contributed by atoms with Gasteiger partial charge in [-0.1, -0.05) is 0 Å². The minimum atomic E-state index is -4.62. The first-order valence-corrected chi connectivity index (χ1v) is 5.16. The van der Waals surface area contributed by atoms with Gasteiger partial charge in [-0.2, -0.15) is 18.4 Å². The molecule has 2 rings (SSSR count). The molecule has 0 aliphatic heterocycles. The van der Waals surface area contributed by atoms with Crippen LogP contribution < -0.4 is 0 Å². The number of hydrogen-bond acceptors (Lipinski definition) is 2. The molecule has 3 nitrogen and oxygen atoms in total. The van der Waals surface area contributed by atoms with Crippen molar-refractivity contribution >= 4 is 5.97 Å². The SMILES string of the molecule is N#CC1(c2cc(C(=O)O)cc(C(F)(F)F)c2)CC1. The molecule has 0 radical (unpaired) electrons. The first-order chi connectivity index (χ1) is 8.28. The lowest BCUT2D eigenvalue weighted by molar-refractivity contribution is -0.137. The highest BCUT2D eigenvalue weighted by atomic mass is 19.4. The number of rotatable bonds is 2. The van der Waals surface area contributed by atoms with Crippen LogP contribution in [0.25, 0.3) is 0 Å². The summed E-state index contributed by atoms with van der Waals surface area (Å²) in [7, 11) is 0. The number of carbonyl (C=O) groups is 1. The Hall–Kier alpha value is -2.03. The average molecular weight is 255 g/mol. The molecule has 0 unspecified atom stereocenters. The maximum atomic E-state index is 12.6. The highest BCUT2D eigenvalue weighted by Gasteiger charge is 2.46. The smallest absolute Gasteiger partial charge is 0.416 e. The second kappa shape index (κ2) is 3.73. The van der Waals surface area contributed by atoms with E-state index in [4.69, 9.17) is 10.4 Å². The Bertz CT molecular complexity index is 553. The molecule has 1 aromatic rings. The van der Waals surface area contributed by atoms with Crippen molar-refractivity contribution in [3.05, 3.63) is 34.9 Å². The van der Waals surface area contributed by atoms with Crippen molar-refractivity contribution < 1.29 is 23.1 Å². The minimum absolute atomic E-state index is 0.136. The van der Waals surface area contributed by atoms with Crippen LogP contribution in [-0.2, 0) is 11.6 Å². The summed E-state index contributed by atoms with van der Waals surface area (Å²) in [5.41, 5.74) is -2.27. The fourth-order valence-electron chi connectivity index (χ4n) is 1.78. The van der Waals surface area contributed by atoms with Gasteiger partial charge in [-0.3, -0.25) is 0 Å². The Labute approximate surface area is 100 Å². The van der Waals surface area contributed by atoms with E-state index in [2.05, 4.69) is 0 Å². The fraction of sp³-hybridized carbons (Fsp3) is 0.333. The van der Waals surface area contributed by atoms with Crippen molar-refractivity contribution in [1.29, 1.82) is 5.26 Å². The minimum Gasteiger partial charge on any atom is -0.478 e. The Morgan fingerprint density at radius 3 is 2.33 bits per heavy atom. The van der Waals surface area contributed by atoms with Gasteiger partial charge in [-0.25, -0.2) is 4.79 Å². The van der Waals surface area contributed by atoms with Crippen molar-refractivity contribution in [3.63, 3.8) is 0 Å². The molecule has 1 aromatic carbocycles. The molecule has 6 heteroatoms. The van der Waals surface area contributed by atoms with Crippen LogP contribution in [0.1, 0.15) is 34.3 Å². The lowest BCUT2D eigenvalue weighted by Crippen LogP contribution is -2.12. The average Bonchev–Trinajstić information content (AvgIpc) is 3.08. The van der Waals surface area contributed by atoms with Crippen LogP contribution in [0.3, 0.4) is 0 Å². The number of hydrogen-bond donors (Lipinski definition) is 1. The predicted molar refractivity (Wildman–Crippen MR) is 54.9 cm³/mol. The molecule has 94 valence electrons. The maximum absolute atomic E-state index is 12.6. The molecule has 1 N–H and O–H groups in total. The molecule has 0 saturated heterocycles. The van der Waals surface area contributed by atoms with Crippen LogP contribution in [0.5, 0.6) is 0 Å². The summed E-state index contributed by atoms with van der Waals surface area (Å²) in [6.07, 6.45) is -3.69. The van der Waals surface area contributed by atoms with Gasteiger partial charge in [0.1, 0.15) is 0 Å². The number of aromatic carboxylic acids is 1. The number of carboxylic acid groups (broad SMARTS) is 1. The van der Waals surface area contributed by atoms with Crippen LogP contribution in [0.4, 0.5) is 13.2 Å². The van der Waals surface area contributed by atoms with E-state index < -0.39 is 28.7 Å². The van der Waals surface area contributed by atoms with Crippen LogP contribution in [-0.4, -0.2) is 11.1 Å². The largest absolute Gasteiger partial charge is 0.478 e. The van der Waals surface area contributed by atoms with E-state index in [1.54, 1.807) is 0 Å². The van der Waals surface area contributed by atoms with Crippen molar-refractivity contribution in [3.8, 4) is 6.07 Å². The number of carboxylic acids is 1. The number of nitriles is 1. The van der Waals surface area contributed by atoms with E-state index in [1.807, 2.05) is 6.07 Å². The van der Waals surface area contributed by atoms with E-state index in [-0.39, 0.29) is 5.56 Å². The first kappa shape index (κ1) is 12.4. The van der Waals surface area contributed by atoms with Crippen LogP contribution in [0, 0.1) is 11.3 Å². The third kappa shape index (κ3) is 2.04. The standard InChI is InChI=1S/C12H8F3NO2/c13-12(14,15)9-4-7(10(17)18)3-8(5-9)11(6-16)1-2-11/h3-5H,1-2H2,(H,17,18). The Morgan fingerprint density at radius 2 is 1.94 bits per heavy atom. The summed E-state index contributed by atoms with van der Waals surface area (Å²) in [6.45, 7) is 0. The summed E-state index contributed by atoms with van der Waals surface area (Å²) < 4.78 is 37.9. The van der Waals surface area contributed by atoms with Crippen molar-refractivity contribution in [2.75, 3.05) is 0 Å². The van der Waals surface area contributed by atoms with E-state index in [9.17, 15) is 18.0 Å². The number of alkyl halides is 3. The molecule has 0 atom stereocenters. The van der Waals surface area contributed by atoms with Gasteiger partial charge in [0, 0.05) is 0 Å². The van der Waals surface area contributed by atoms with Gasteiger partial charge in [0.2, 0.25) is 0 Å². The Balaban J connectivity index is 2.59. The van der Waals surface area contributed by atoms with Gasteiger partial charge < -0.3 is 5.11 Å². The topological polar surface area (TPSA) is 61.1 Å². The highest BCUT2D eigenvalue weighted by molar-refractivity contribution is 5.88. The predicted octanol–water partition coefficient (Wildman–Crippen LogP) is 2.96. The van der Waals surface area contributed by atoms with E-state index in [0.717, 1.165) is 12.1 Å². The lowest BCUT2D eigenvalue weighted by Gasteiger charge is -2.13. The third-order valence-corrected chi connectivity index (χ3v) is 3.02. The Morgan fingerprint density at radius 1 is 1.33 bits per heavy atom. The maximum Gasteiger partial charge on any atom is 0.416 e. The summed E-state index contributed by atoms with van der Waals surface area (Å²) >= 11 is 0. The van der Waals surface area contributed by atoms with E-state index >= 15 is 0 Å². The summed E-state index contributed by atoms with van der Waals surface area (Å²) in [4.78, 5) is 10.8. The molecule has 0 spiro atoms. The van der Waals surface area contributed by atoms with Crippen LogP contribution in [0.15, 0.2) is 18.2 Å². The molecule has 1 aliphatic rings. The molecule has 18 heavy (non-hydrogen) atoms. The van der Waals surface area contributed by atoms with Gasteiger partial charge in [0.05, 0.1) is 22.6 Å². The molecular formula is C12H8F3NO2. The van der Waals surface area contributed by atoms with Crippen LogP contribution in [0.2, 0.25) is 0 Å². The van der Waals surface area contributed by atoms with Crippen molar-refractivity contribution in [1.82, 2.24) is 0 Å². The molecule has 1 fully saturated rings. The zero-order valence-electron chi connectivity index (χ0n) is 9.08. The summed E-state index contributed by atoms with van der Waals surface area (Å²) in [5, 5.41) is 17.8. The number of halogens is 3. The fourth-order valence-corrected chi connectivity index (χ4v) is 1.78. The van der Waals surface area contributed by atoms with Crippen molar-refractivity contribution in [2.45, 2.75) is 24.4 Å². The number of nitrogens with zero attached hydrogens (tertiary/aromatic N) is 1. The zero-order valence-corrected chi connectivity index (χ0v) is 9.08. The second-order valence-corrected chi connectivity index (χ2v) is 4.30. The molecule has 1 saturated carbocycles. The van der Waals surface area contributed by atoms with Gasteiger partial charge in [-0.15, -0.1) is 0 Å². The molecule has 0 heterocycles. The monoisotopic (exact) mass is 255 g/mol. The molecule has 0 aromatic heterocycles.